The second-order valence-corrected chi connectivity index (χ2v) is 4.03. The Morgan fingerprint density at radius 2 is 1.95 bits per heavy atom. The maximum absolute atomic E-state index is 12.3. The van der Waals surface area contributed by atoms with Gasteiger partial charge in [0.2, 0.25) is 11.7 Å². The van der Waals surface area contributed by atoms with E-state index in [-0.39, 0.29) is 11.7 Å². The van der Waals surface area contributed by atoms with Gasteiger partial charge in [-0.2, -0.15) is 18.2 Å². The molecule has 0 aliphatic heterocycles. The number of aromatic nitrogens is 2. The summed E-state index contributed by atoms with van der Waals surface area (Å²) < 4.78 is 41.1. The number of nitrogens with one attached hydrogen (secondary N) is 1. The van der Waals surface area contributed by atoms with Crippen LogP contribution in [0.15, 0.2) is 28.8 Å². The Hall–Kier alpha value is -2.38. The number of rotatable bonds is 3. The minimum Gasteiger partial charge on any atom is -0.352 e. The van der Waals surface area contributed by atoms with Crippen molar-refractivity contribution in [3.05, 3.63) is 35.7 Å². The van der Waals surface area contributed by atoms with Crippen LogP contribution in [0.4, 0.5) is 13.2 Å². The summed E-state index contributed by atoms with van der Waals surface area (Å²) in [6.07, 6.45) is -4.66. The molecular formula is C12H10F3N3O2. The average Bonchev–Trinajstić information content (AvgIpc) is 2.86. The summed E-state index contributed by atoms with van der Waals surface area (Å²) in [6.45, 7) is 1.74. The lowest BCUT2D eigenvalue weighted by Gasteiger charge is -2.02. The monoisotopic (exact) mass is 285 g/mol. The Morgan fingerprint density at radius 3 is 2.45 bits per heavy atom. The first-order valence-corrected chi connectivity index (χ1v) is 5.61. The van der Waals surface area contributed by atoms with Gasteiger partial charge in [-0.05, 0) is 5.56 Å². The van der Waals surface area contributed by atoms with Gasteiger partial charge in [-0.15, -0.1) is 0 Å². The average molecular weight is 285 g/mol. The summed E-state index contributed by atoms with van der Waals surface area (Å²) in [7, 11) is 0. The first-order chi connectivity index (χ1) is 9.36. The predicted octanol–water partition coefficient (Wildman–Crippen LogP) is 2.39. The molecular weight excluding hydrogens is 275 g/mol. The van der Waals surface area contributed by atoms with E-state index in [1.54, 1.807) is 24.3 Å². The fraction of sp³-hybridized carbons (Fsp3) is 0.250. The molecule has 5 nitrogen and oxygen atoms in total. The van der Waals surface area contributed by atoms with Crippen molar-refractivity contribution in [3.8, 4) is 11.4 Å². The summed E-state index contributed by atoms with van der Waals surface area (Å²) in [6, 6.07) is 6.44. The van der Waals surface area contributed by atoms with Gasteiger partial charge < -0.3 is 9.84 Å². The first kappa shape index (κ1) is 14.0. The van der Waals surface area contributed by atoms with Crippen molar-refractivity contribution in [2.75, 3.05) is 0 Å². The van der Waals surface area contributed by atoms with Crippen molar-refractivity contribution in [3.63, 3.8) is 0 Å². The fourth-order valence-electron chi connectivity index (χ4n) is 1.45. The molecule has 0 saturated heterocycles. The molecule has 0 atom stereocenters. The van der Waals surface area contributed by atoms with Crippen LogP contribution in [0.3, 0.4) is 0 Å². The quantitative estimate of drug-likeness (QED) is 0.940. The second kappa shape index (κ2) is 5.32. The number of amides is 1. The molecule has 8 heteroatoms. The van der Waals surface area contributed by atoms with Gasteiger partial charge in [-0.25, -0.2) is 0 Å². The number of carbonyl (C=O) groups excluding carboxylic acids is 1. The third kappa shape index (κ3) is 3.34. The Morgan fingerprint density at radius 1 is 1.30 bits per heavy atom. The van der Waals surface area contributed by atoms with Crippen molar-refractivity contribution in [2.24, 2.45) is 0 Å². The van der Waals surface area contributed by atoms with Gasteiger partial charge in [-0.3, -0.25) is 4.79 Å². The van der Waals surface area contributed by atoms with E-state index >= 15 is 0 Å². The molecule has 0 unspecified atom stereocenters. The van der Waals surface area contributed by atoms with E-state index in [4.69, 9.17) is 0 Å². The number of benzene rings is 1. The molecule has 2 aromatic rings. The lowest BCUT2D eigenvalue weighted by Crippen LogP contribution is -2.18. The highest BCUT2D eigenvalue weighted by Crippen LogP contribution is 2.29. The summed E-state index contributed by atoms with van der Waals surface area (Å²) >= 11 is 0. The zero-order valence-electron chi connectivity index (χ0n) is 10.4. The molecule has 1 amide bonds. The number of alkyl halides is 3. The van der Waals surface area contributed by atoms with Crippen LogP contribution in [0, 0.1) is 0 Å². The van der Waals surface area contributed by atoms with Gasteiger partial charge in [0.25, 0.3) is 0 Å². The van der Waals surface area contributed by atoms with Crippen molar-refractivity contribution >= 4 is 5.91 Å². The number of hydrogen-bond acceptors (Lipinski definition) is 4. The molecule has 2 rings (SSSR count). The van der Waals surface area contributed by atoms with E-state index in [2.05, 4.69) is 20.0 Å². The van der Waals surface area contributed by atoms with Gasteiger partial charge in [-0.1, -0.05) is 29.4 Å². The summed E-state index contributed by atoms with van der Waals surface area (Å²) in [5.41, 5.74) is 1.21. The summed E-state index contributed by atoms with van der Waals surface area (Å²) in [4.78, 5) is 14.0. The highest BCUT2D eigenvalue weighted by molar-refractivity contribution is 5.72. The lowest BCUT2D eigenvalue weighted by atomic mass is 10.1. The van der Waals surface area contributed by atoms with E-state index in [1.807, 2.05) is 0 Å². The second-order valence-electron chi connectivity index (χ2n) is 4.03. The largest absolute Gasteiger partial charge is 0.471 e. The predicted molar refractivity (Wildman–Crippen MR) is 62.3 cm³/mol. The van der Waals surface area contributed by atoms with Crippen LogP contribution in [0.5, 0.6) is 0 Å². The highest BCUT2D eigenvalue weighted by atomic mass is 19.4. The number of halogens is 3. The smallest absolute Gasteiger partial charge is 0.352 e. The van der Waals surface area contributed by atoms with Crippen molar-refractivity contribution in [1.29, 1.82) is 0 Å². The Balaban J connectivity index is 2.14. The van der Waals surface area contributed by atoms with Crippen molar-refractivity contribution < 1.29 is 22.5 Å². The van der Waals surface area contributed by atoms with E-state index in [9.17, 15) is 18.0 Å². The molecule has 0 bridgehead atoms. The van der Waals surface area contributed by atoms with Crippen LogP contribution in [-0.2, 0) is 17.5 Å². The van der Waals surface area contributed by atoms with Crippen LogP contribution in [0.25, 0.3) is 11.4 Å². The molecule has 106 valence electrons. The Labute approximate surface area is 111 Å². The molecule has 1 aromatic heterocycles. The standard InChI is InChI=1S/C12H10F3N3O2/c1-7(19)16-6-8-2-4-9(5-3-8)10-17-11(20-18-10)12(13,14)15/h2-5H,6H2,1H3,(H,16,19). The molecule has 0 saturated carbocycles. The zero-order valence-corrected chi connectivity index (χ0v) is 10.4. The zero-order chi connectivity index (χ0) is 14.8. The first-order valence-electron chi connectivity index (χ1n) is 5.61. The maximum atomic E-state index is 12.3. The molecule has 0 fully saturated rings. The third-order valence-electron chi connectivity index (χ3n) is 2.42. The van der Waals surface area contributed by atoms with E-state index in [0.29, 0.717) is 12.1 Å². The van der Waals surface area contributed by atoms with Crippen molar-refractivity contribution in [2.45, 2.75) is 19.6 Å². The van der Waals surface area contributed by atoms with Gasteiger partial charge >= 0.3 is 12.1 Å². The molecule has 20 heavy (non-hydrogen) atoms. The fourth-order valence-corrected chi connectivity index (χ4v) is 1.45. The van der Waals surface area contributed by atoms with Gasteiger partial charge in [0, 0.05) is 19.0 Å². The molecule has 0 spiro atoms. The van der Waals surface area contributed by atoms with Gasteiger partial charge in [0.1, 0.15) is 0 Å². The molecule has 1 N–H and O–H groups in total. The van der Waals surface area contributed by atoms with Crippen LogP contribution in [0.1, 0.15) is 18.4 Å². The Kier molecular flexibility index (Phi) is 3.73. The highest BCUT2D eigenvalue weighted by Gasteiger charge is 2.38. The molecule has 0 aliphatic carbocycles. The number of carbonyl (C=O) groups is 1. The SMILES string of the molecule is CC(=O)NCc1ccc(-c2noc(C(F)(F)F)n2)cc1. The molecule has 0 aliphatic rings. The van der Waals surface area contributed by atoms with Gasteiger partial charge in [0.05, 0.1) is 0 Å². The number of nitrogens with zero attached hydrogens (tertiary/aromatic N) is 2. The molecule has 1 aromatic carbocycles. The van der Waals surface area contributed by atoms with Gasteiger partial charge in [0.15, 0.2) is 0 Å². The normalized spacial score (nSPS) is 11.4. The molecule has 1 heterocycles. The van der Waals surface area contributed by atoms with E-state index in [1.165, 1.54) is 6.92 Å². The summed E-state index contributed by atoms with van der Waals surface area (Å²) in [5.74, 6) is -1.68. The Bertz CT molecular complexity index is 605. The summed E-state index contributed by atoms with van der Waals surface area (Å²) in [5, 5.41) is 5.89. The lowest BCUT2D eigenvalue weighted by molar-refractivity contribution is -0.159. The third-order valence-corrected chi connectivity index (χ3v) is 2.42. The van der Waals surface area contributed by atoms with Crippen molar-refractivity contribution in [1.82, 2.24) is 15.5 Å². The van der Waals surface area contributed by atoms with Crippen LogP contribution in [-0.4, -0.2) is 16.0 Å². The van der Waals surface area contributed by atoms with E-state index < -0.39 is 12.1 Å². The van der Waals surface area contributed by atoms with Crippen LogP contribution in [0.2, 0.25) is 0 Å². The minimum atomic E-state index is -4.66. The number of hydrogen-bond donors (Lipinski definition) is 1. The maximum Gasteiger partial charge on any atom is 0.471 e. The van der Waals surface area contributed by atoms with Crippen LogP contribution < -0.4 is 5.32 Å². The topological polar surface area (TPSA) is 68.0 Å². The van der Waals surface area contributed by atoms with Crippen LogP contribution >= 0.6 is 0 Å². The van der Waals surface area contributed by atoms with E-state index in [0.717, 1.165) is 5.56 Å². The minimum absolute atomic E-state index is 0.136. The molecule has 0 radical (unpaired) electrons.